The van der Waals surface area contributed by atoms with Gasteiger partial charge in [0.25, 0.3) is 12.3 Å². The van der Waals surface area contributed by atoms with Gasteiger partial charge in [-0.25, -0.2) is 17.6 Å². The second-order valence-electron chi connectivity index (χ2n) is 11.3. The number of halogens is 4. The van der Waals surface area contributed by atoms with Gasteiger partial charge in [0.1, 0.15) is 22.8 Å². The minimum atomic E-state index is -2.71. The summed E-state index contributed by atoms with van der Waals surface area (Å²) in [6, 6.07) is 1.08. The Bertz CT molecular complexity index is 1480. The zero-order valence-corrected chi connectivity index (χ0v) is 23.3. The first-order chi connectivity index (χ1) is 19.5. The Kier molecular flexibility index (Phi) is 7.02. The van der Waals surface area contributed by atoms with Crippen LogP contribution in [0.5, 0.6) is 0 Å². The molecule has 6 rings (SSSR count). The maximum atomic E-state index is 13.5. The van der Waals surface area contributed by atoms with Crippen LogP contribution in [0.15, 0.2) is 12.4 Å². The molecule has 220 valence electrons. The maximum Gasteiger partial charge on any atom is 0.282 e. The van der Waals surface area contributed by atoms with Gasteiger partial charge in [0, 0.05) is 49.3 Å². The highest BCUT2D eigenvalue weighted by Gasteiger charge is 2.45. The maximum absolute atomic E-state index is 13.5. The second kappa shape index (κ2) is 10.4. The van der Waals surface area contributed by atoms with Crippen molar-refractivity contribution in [2.45, 2.75) is 63.8 Å². The molecule has 10 nitrogen and oxygen atoms in total. The summed E-state index contributed by atoms with van der Waals surface area (Å²) in [6.07, 6.45) is 0.892. The minimum absolute atomic E-state index is 0.0850. The lowest BCUT2D eigenvalue weighted by molar-refractivity contribution is -0.117. The zero-order valence-electron chi connectivity index (χ0n) is 22.5. The van der Waals surface area contributed by atoms with Crippen molar-refractivity contribution < 1.29 is 27.2 Å². The van der Waals surface area contributed by atoms with E-state index in [9.17, 15) is 27.2 Å². The summed E-state index contributed by atoms with van der Waals surface area (Å²) >= 11 is 1.38. The minimum Gasteiger partial charge on any atom is -0.352 e. The lowest BCUT2D eigenvalue weighted by atomic mass is 9.81. The lowest BCUT2D eigenvalue weighted by Crippen LogP contribution is -2.42. The molecule has 0 unspecified atom stereocenters. The van der Waals surface area contributed by atoms with E-state index < -0.39 is 18.3 Å². The molecule has 3 heterocycles. The van der Waals surface area contributed by atoms with Crippen molar-refractivity contribution in [3.63, 3.8) is 0 Å². The molecule has 0 radical (unpaired) electrons. The van der Waals surface area contributed by atoms with Gasteiger partial charge in [-0.05, 0) is 43.1 Å². The molecular weight excluding hydrogens is 564 g/mol. The van der Waals surface area contributed by atoms with E-state index in [1.165, 1.54) is 22.1 Å². The van der Waals surface area contributed by atoms with Crippen LogP contribution in [-0.4, -0.2) is 48.8 Å². The fraction of sp³-hybridized carbons (Fsp3) is 0.577. The number of nitrogens with one attached hydrogen (secondary N) is 3. The van der Waals surface area contributed by atoms with Crippen LogP contribution < -0.4 is 16.0 Å². The first-order valence-electron chi connectivity index (χ1n) is 13.6. The Hall–Kier alpha value is -3.49. The van der Waals surface area contributed by atoms with Gasteiger partial charge in [0.05, 0.1) is 5.56 Å². The van der Waals surface area contributed by atoms with E-state index in [0.717, 1.165) is 16.9 Å². The zero-order chi connectivity index (χ0) is 29.1. The van der Waals surface area contributed by atoms with E-state index >= 15 is 0 Å². The van der Waals surface area contributed by atoms with Gasteiger partial charge in [-0.15, -0.1) is 21.5 Å². The van der Waals surface area contributed by atoms with E-state index in [-0.39, 0.29) is 48.9 Å². The third-order valence-electron chi connectivity index (χ3n) is 8.20. The molecule has 41 heavy (non-hydrogen) atoms. The lowest BCUT2D eigenvalue weighted by Gasteiger charge is -2.34. The average molecular weight is 595 g/mol. The number of aromatic nitrogens is 5. The molecule has 0 bridgehead atoms. The molecular formula is C26H30F4N8O2S. The monoisotopic (exact) mass is 594 g/mol. The quantitative estimate of drug-likeness (QED) is 0.305. The summed E-state index contributed by atoms with van der Waals surface area (Å²) in [7, 11) is 1.54. The van der Waals surface area contributed by atoms with Gasteiger partial charge in [0.2, 0.25) is 17.8 Å². The van der Waals surface area contributed by atoms with E-state index in [0.29, 0.717) is 47.5 Å². The molecule has 3 atom stereocenters. The molecule has 3 aromatic rings. The fourth-order valence-corrected chi connectivity index (χ4v) is 6.95. The van der Waals surface area contributed by atoms with Crippen LogP contribution in [0.25, 0.3) is 0 Å². The smallest absolute Gasteiger partial charge is 0.282 e. The molecule has 0 aliphatic heterocycles. The molecule has 15 heteroatoms. The van der Waals surface area contributed by atoms with Crippen LogP contribution in [-0.2, 0) is 24.7 Å². The number of anilines is 3. The van der Waals surface area contributed by atoms with Crippen molar-refractivity contribution in [1.29, 1.82) is 0 Å². The number of hydrogen-bond acceptors (Lipinski definition) is 7. The summed E-state index contributed by atoms with van der Waals surface area (Å²) in [6.45, 7) is 2.14. The largest absolute Gasteiger partial charge is 0.352 e. The number of hydrogen-bond donors (Lipinski definition) is 3. The van der Waals surface area contributed by atoms with E-state index in [1.54, 1.807) is 17.9 Å². The molecule has 3 N–H and O–H groups in total. The Balaban J connectivity index is 1.24. The van der Waals surface area contributed by atoms with Crippen LogP contribution in [0, 0.1) is 17.8 Å². The number of amides is 2. The average Bonchev–Trinajstić information content (AvgIpc) is 3.20. The number of alkyl halides is 4. The predicted molar refractivity (Wildman–Crippen MR) is 143 cm³/mol. The van der Waals surface area contributed by atoms with Crippen molar-refractivity contribution in [1.82, 2.24) is 29.9 Å². The van der Waals surface area contributed by atoms with Gasteiger partial charge in [-0.2, -0.15) is 5.10 Å². The first kappa shape index (κ1) is 27.7. The van der Waals surface area contributed by atoms with Gasteiger partial charge in [-0.1, -0.05) is 6.92 Å². The number of thiophene rings is 1. The summed E-state index contributed by atoms with van der Waals surface area (Å²) in [4.78, 5) is 27.3. The molecule has 2 fully saturated rings. The van der Waals surface area contributed by atoms with Crippen LogP contribution in [0.3, 0.4) is 0 Å². The number of aryl methyl sites for hydroxylation is 2. The molecule has 0 aromatic carbocycles. The van der Waals surface area contributed by atoms with Crippen molar-refractivity contribution in [3.8, 4) is 0 Å². The van der Waals surface area contributed by atoms with Crippen LogP contribution in [0.2, 0.25) is 0 Å². The number of nitrogens with zero attached hydrogens (tertiary/aromatic N) is 5. The Morgan fingerprint density at radius 3 is 2.68 bits per heavy atom. The third-order valence-corrected chi connectivity index (χ3v) is 9.41. The summed E-state index contributed by atoms with van der Waals surface area (Å²) in [5, 5.41) is 21.2. The Morgan fingerprint density at radius 1 is 1.27 bits per heavy atom. The van der Waals surface area contributed by atoms with Crippen LogP contribution in [0.4, 0.5) is 34.3 Å². The van der Waals surface area contributed by atoms with Gasteiger partial charge in [0.15, 0.2) is 0 Å². The Labute approximate surface area is 236 Å². The molecule has 3 aliphatic rings. The normalized spacial score (nSPS) is 23.1. The highest BCUT2D eigenvalue weighted by molar-refractivity contribution is 7.17. The molecule has 0 saturated heterocycles. The number of carbonyl (C=O) groups is 2. The van der Waals surface area contributed by atoms with E-state index in [4.69, 9.17) is 0 Å². The van der Waals surface area contributed by atoms with Gasteiger partial charge in [-0.3, -0.25) is 18.8 Å². The first-order valence-corrected chi connectivity index (χ1v) is 14.4. The van der Waals surface area contributed by atoms with Gasteiger partial charge >= 0.3 is 0 Å². The molecule has 0 spiro atoms. The number of carbonyl (C=O) groups excluding carboxylic acids is 2. The van der Waals surface area contributed by atoms with Gasteiger partial charge < -0.3 is 16.0 Å². The van der Waals surface area contributed by atoms with E-state index in [2.05, 4.69) is 31.2 Å². The third kappa shape index (κ3) is 5.55. The van der Waals surface area contributed by atoms with Crippen molar-refractivity contribution in [2.24, 2.45) is 24.8 Å². The summed E-state index contributed by atoms with van der Waals surface area (Å²) in [5.74, 6) is -2.61. The van der Waals surface area contributed by atoms with Crippen molar-refractivity contribution in [2.75, 3.05) is 17.2 Å². The van der Waals surface area contributed by atoms with Crippen molar-refractivity contribution in [3.05, 3.63) is 34.1 Å². The summed E-state index contributed by atoms with van der Waals surface area (Å²) < 4.78 is 56.0. The highest BCUT2D eigenvalue weighted by atomic mass is 32.1. The predicted octanol–water partition coefficient (Wildman–Crippen LogP) is 4.85. The highest BCUT2D eigenvalue weighted by Crippen LogP contribution is 2.45. The second-order valence-corrected chi connectivity index (χ2v) is 12.4. The Morgan fingerprint density at radius 2 is 2.02 bits per heavy atom. The van der Waals surface area contributed by atoms with Crippen molar-refractivity contribution >= 4 is 39.9 Å². The van der Waals surface area contributed by atoms with E-state index in [1.807, 2.05) is 6.92 Å². The standard InChI is InChI=1S/C26H30F4N8O2S/c1-12-5-15(12)22(39)34-24-20(23(40)31-10-13-8-26(29,30)9-13)16-6-14(3-4-18(16)41-24)38-11-32-35-25(38)33-19-7-17(21(27)28)36-37(19)2/h7,11-15,21H,3-6,8-10H2,1-2H3,(H,31,40)(H,33,35)(H,34,39)/t12-,14-,15-/m0/s1. The fourth-order valence-electron chi connectivity index (χ4n) is 5.70. The van der Waals surface area contributed by atoms with Crippen LogP contribution >= 0.6 is 11.3 Å². The molecule has 3 aromatic heterocycles. The molecule has 2 saturated carbocycles. The topological polar surface area (TPSA) is 119 Å². The molecule has 2 amide bonds. The van der Waals surface area contributed by atoms with Crippen LogP contribution in [0.1, 0.15) is 71.6 Å². The number of fused-ring (bicyclic) bond motifs is 1. The molecule has 3 aliphatic carbocycles. The number of rotatable bonds is 9. The summed E-state index contributed by atoms with van der Waals surface area (Å²) in [5.41, 5.74) is 0.804. The SMILES string of the molecule is C[C@H]1C[C@@H]1C(=O)Nc1sc2c(c1C(=O)NCC1CC(F)(F)C1)C[C@@H](n1cnnc1Nc1cc(C(F)F)nn1C)CC2.